The summed E-state index contributed by atoms with van der Waals surface area (Å²) in [6.07, 6.45) is 2.14. The van der Waals surface area contributed by atoms with Gasteiger partial charge in [-0.05, 0) is 6.08 Å². The van der Waals surface area contributed by atoms with Crippen LogP contribution >= 0.6 is 9.24 Å². The number of carbonyl (C=O) groups is 1. The van der Waals surface area contributed by atoms with Gasteiger partial charge in [0, 0.05) is 0 Å². The maximum absolute atomic E-state index is 9.30. The normalized spacial score (nSPS) is 9.00. The van der Waals surface area contributed by atoms with Crippen LogP contribution in [0.3, 0.4) is 0 Å². The summed E-state index contributed by atoms with van der Waals surface area (Å²) in [6.45, 7) is 0. The predicted molar refractivity (Wildman–Crippen MR) is 24.9 cm³/mol. The highest BCUT2D eigenvalue weighted by atomic mass is 31.0. The van der Waals surface area contributed by atoms with Crippen molar-refractivity contribution in [3.05, 3.63) is 11.9 Å². The third-order valence-electron chi connectivity index (χ3n) is 0.190. The molecule has 1 atom stereocenters. The van der Waals surface area contributed by atoms with Crippen molar-refractivity contribution in [2.45, 2.75) is 0 Å². The Morgan fingerprint density at radius 3 is 2.20 bits per heavy atom. The lowest BCUT2D eigenvalue weighted by Crippen LogP contribution is -1.48. The Balaban J connectivity index is 2.92. The van der Waals surface area contributed by atoms with Gasteiger partial charge in [-0.1, -0.05) is 5.82 Å². The lowest BCUT2D eigenvalue weighted by atomic mass is 10.7. The molecule has 0 aromatic rings. The standard InChI is InChI=1S/C3H5OP/c4-2-1-3-5/h1-3H,5H2. The first kappa shape index (κ1) is 4.84. The predicted octanol–water partition coefficient (Wildman–Crippen LogP) is 0.574. The first-order valence-electron chi connectivity index (χ1n) is 1.24. The Morgan fingerprint density at radius 2 is 2.20 bits per heavy atom. The monoisotopic (exact) mass is 88.0 g/mol. The number of carbonyl (C=O) groups excluding carboxylic acids is 1. The van der Waals surface area contributed by atoms with Crippen LogP contribution in [-0.4, -0.2) is 6.29 Å². The molecule has 0 saturated heterocycles. The van der Waals surface area contributed by atoms with Crippen LogP contribution in [0.2, 0.25) is 0 Å². The fourth-order valence-electron chi connectivity index (χ4n) is 0.0454. The van der Waals surface area contributed by atoms with Gasteiger partial charge in [0.05, 0.1) is 0 Å². The van der Waals surface area contributed by atoms with E-state index in [1.807, 2.05) is 0 Å². The molecule has 0 aliphatic rings. The molecular formula is C3H5OP. The number of rotatable bonds is 1. The highest BCUT2D eigenvalue weighted by Crippen LogP contribution is 1.76. The molecule has 0 amide bonds. The summed E-state index contributed by atoms with van der Waals surface area (Å²) < 4.78 is 0. The average molecular weight is 88.0 g/mol. The van der Waals surface area contributed by atoms with Gasteiger partial charge in [0.25, 0.3) is 0 Å². The SMILES string of the molecule is O=CC=CP. The van der Waals surface area contributed by atoms with Crippen LogP contribution < -0.4 is 0 Å². The molecule has 0 aliphatic carbocycles. The van der Waals surface area contributed by atoms with Crippen LogP contribution in [0, 0.1) is 0 Å². The van der Waals surface area contributed by atoms with Crippen molar-refractivity contribution >= 4 is 15.5 Å². The molecule has 0 spiro atoms. The summed E-state index contributed by atoms with van der Waals surface area (Å²) in [7, 11) is 2.29. The van der Waals surface area contributed by atoms with Gasteiger partial charge in [0.1, 0.15) is 6.29 Å². The largest absolute Gasteiger partial charge is 0.299 e. The molecule has 0 aliphatic heterocycles. The first-order valence-corrected chi connectivity index (χ1v) is 1.90. The highest BCUT2D eigenvalue weighted by Gasteiger charge is 1.48. The van der Waals surface area contributed by atoms with E-state index in [4.69, 9.17) is 0 Å². The van der Waals surface area contributed by atoms with Crippen LogP contribution in [0.5, 0.6) is 0 Å². The molecule has 0 aromatic heterocycles. The lowest BCUT2D eigenvalue weighted by molar-refractivity contribution is -0.104. The van der Waals surface area contributed by atoms with Crippen molar-refractivity contribution in [1.82, 2.24) is 0 Å². The molecule has 1 nitrogen and oxygen atoms in total. The van der Waals surface area contributed by atoms with Crippen LogP contribution in [0.25, 0.3) is 0 Å². The van der Waals surface area contributed by atoms with Gasteiger partial charge in [-0.3, -0.25) is 4.79 Å². The van der Waals surface area contributed by atoms with Crippen molar-refractivity contribution in [3.8, 4) is 0 Å². The number of hydrogen-bond acceptors (Lipinski definition) is 1. The van der Waals surface area contributed by atoms with Crippen LogP contribution in [0.4, 0.5) is 0 Å². The second kappa shape index (κ2) is 3.84. The smallest absolute Gasteiger partial charge is 0.142 e. The van der Waals surface area contributed by atoms with Gasteiger partial charge < -0.3 is 0 Å². The van der Waals surface area contributed by atoms with E-state index in [0.717, 1.165) is 6.29 Å². The minimum absolute atomic E-state index is 0.729. The Kier molecular flexibility index (Phi) is 3.72. The van der Waals surface area contributed by atoms with Gasteiger partial charge in [-0.25, -0.2) is 0 Å². The van der Waals surface area contributed by atoms with Crippen LogP contribution in [0.15, 0.2) is 11.9 Å². The van der Waals surface area contributed by atoms with Crippen molar-refractivity contribution in [1.29, 1.82) is 0 Å². The van der Waals surface area contributed by atoms with Gasteiger partial charge in [0.15, 0.2) is 0 Å². The minimum Gasteiger partial charge on any atom is -0.299 e. The summed E-state index contributed by atoms with van der Waals surface area (Å²) in [5.41, 5.74) is 0. The fraction of sp³-hybridized carbons (Fsp3) is 0. The number of allylic oxidation sites excluding steroid dienone is 1. The zero-order valence-electron chi connectivity index (χ0n) is 2.72. The molecule has 1 unspecified atom stereocenters. The van der Waals surface area contributed by atoms with E-state index in [-0.39, 0.29) is 0 Å². The molecular weight excluding hydrogens is 83.0 g/mol. The highest BCUT2D eigenvalue weighted by molar-refractivity contribution is 7.20. The third-order valence-corrected chi connectivity index (χ3v) is 0.412. The summed E-state index contributed by atoms with van der Waals surface area (Å²) >= 11 is 0. The third kappa shape index (κ3) is 3.84. The molecule has 0 rings (SSSR count). The van der Waals surface area contributed by atoms with E-state index in [0.29, 0.717) is 0 Å². The van der Waals surface area contributed by atoms with E-state index >= 15 is 0 Å². The second-order valence-electron chi connectivity index (χ2n) is 0.521. The zero-order chi connectivity index (χ0) is 4.12. The van der Waals surface area contributed by atoms with E-state index in [9.17, 15) is 4.79 Å². The van der Waals surface area contributed by atoms with Crippen molar-refractivity contribution in [3.63, 3.8) is 0 Å². The number of hydrogen-bond donors (Lipinski definition) is 0. The molecule has 0 saturated carbocycles. The summed E-state index contributed by atoms with van der Waals surface area (Å²) in [5.74, 6) is 1.60. The Bertz CT molecular complexity index is 48.9. The maximum Gasteiger partial charge on any atom is 0.142 e. The van der Waals surface area contributed by atoms with Crippen LogP contribution in [-0.2, 0) is 4.79 Å². The van der Waals surface area contributed by atoms with Crippen LogP contribution in [0.1, 0.15) is 0 Å². The number of aldehydes is 1. The van der Waals surface area contributed by atoms with Crippen molar-refractivity contribution in [2.24, 2.45) is 0 Å². The van der Waals surface area contributed by atoms with E-state index in [2.05, 4.69) is 9.24 Å². The van der Waals surface area contributed by atoms with Gasteiger partial charge >= 0.3 is 0 Å². The molecule has 0 bridgehead atoms. The van der Waals surface area contributed by atoms with Gasteiger partial charge in [0.2, 0.25) is 0 Å². The fourth-order valence-corrected chi connectivity index (χ4v) is 0.136. The Labute approximate surface area is 33.3 Å². The Morgan fingerprint density at radius 1 is 1.60 bits per heavy atom. The average Bonchev–Trinajstić information content (AvgIpc) is 1.41. The van der Waals surface area contributed by atoms with E-state index in [1.165, 1.54) is 6.08 Å². The summed E-state index contributed by atoms with van der Waals surface area (Å²) in [6, 6.07) is 0. The quantitative estimate of drug-likeness (QED) is 0.260. The molecule has 5 heavy (non-hydrogen) atoms. The summed E-state index contributed by atoms with van der Waals surface area (Å²) in [5, 5.41) is 0. The van der Waals surface area contributed by atoms with Gasteiger partial charge in [-0.2, -0.15) is 0 Å². The summed E-state index contributed by atoms with van der Waals surface area (Å²) in [4.78, 5) is 9.30. The second-order valence-corrected chi connectivity index (χ2v) is 0.906. The van der Waals surface area contributed by atoms with Gasteiger partial charge in [-0.15, -0.1) is 9.24 Å². The molecule has 0 radical (unpaired) electrons. The molecule has 0 heterocycles. The molecule has 0 aromatic carbocycles. The zero-order valence-corrected chi connectivity index (χ0v) is 3.87. The Hall–Kier alpha value is -0.160. The van der Waals surface area contributed by atoms with E-state index in [1.54, 1.807) is 5.82 Å². The van der Waals surface area contributed by atoms with E-state index < -0.39 is 0 Å². The molecule has 0 fully saturated rings. The molecule has 0 N–H and O–H groups in total. The minimum atomic E-state index is 0.729. The lowest BCUT2D eigenvalue weighted by Gasteiger charge is -1.51. The molecule has 28 valence electrons. The van der Waals surface area contributed by atoms with Crippen molar-refractivity contribution in [2.75, 3.05) is 0 Å². The topological polar surface area (TPSA) is 17.1 Å². The van der Waals surface area contributed by atoms with Crippen molar-refractivity contribution < 1.29 is 4.79 Å². The maximum atomic E-state index is 9.30. The molecule has 2 heteroatoms. The first-order chi connectivity index (χ1) is 2.41.